The Bertz CT molecular complexity index is 405. The summed E-state index contributed by atoms with van der Waals surface area (Å²) in [5, 5.41) is 5.87. The summed E-state index contributed by atoms with van der Waals surface area (Å²) in [6.07, 6.45) is 0.0363. The van der Waals surface area contributed by atoms with Crippen LogP contribution in [0.3, 0.4) is 0 Å². The lowest BCUT2D eigenvalue weighted by atomic mass is 10.3. The lowest BCUT2D eigenvalue weighted by Crippen LogP contribution is -2.40. The van der Waals surface area contributed by atoms with Crippen LogP contribution in [-0.4, -0.2) is 44.9 Å². The first kappa shape index (κ1) is 14.5. The minimum atomic E-state index is -0.0703. The molecule has 19 heavy (non-hydrogen) atoms. The van der Waals surface area contributed by atoms with Crippen molar-refractivity contribution in [2.45, 2.75) is 6.10 Å². The third-order valence-electron chi connectivity index (χ3n) is 2.67. The predicted molar refractivity (Wildman–Crippen MR) is 76.2 cm³/mol. The molecule has 0 saturated carbocycles. The maximum atomic E-state index is 11.7. The molecule has 1 aliphatic rings. The van der Waals surface area contributed by atoms with Crippen molar-refractivity contribution in [1.82, 2.24) is 5.32 Å². The number of ether oxygens (including phenoxy) is 2. The van der Waals surface area contributed by atoms with Crippen LogP contribution in [0.5, 0.6) is 0 Å². The molecule has 0 aromatic heterocycles. The summed E-state index contributed by atoms with van der Waals surface area (Å²) in [5.41, 5.74) is 0.784. The van der Waals surface area contributed by atoms with E-state index in [0.717, 1.165) is 10.2 Å². The van der Waals surface area contributed by atoms with Crippen molar-refractivity contribution in [1.29, 1.82) is 0 Å². The van der Waals surface area contributed by atoms with Gasteiger partial charge in [-0.3, -0.25) is 4.79 Å². The Kier molecular flexibility index (Phi) is 5.78. The number of halogens is 1. The highest BCUT2D eigenvalue weighted by atomic mass is 79.9. The van der Waals surface area contributed by atoms with E-state index >= 15 is 0 Å². The van der Waals surface area contributed by atoms with Crippen molar-refractivity contribution >= 4 is 27.5 Å². The number of anilines is 1. The van der Waals surface area contributed by atoms with Crippen molar-refractivity contribution in [3.05, 3.63) is 28.7 Å². The number of amides is 1. The van der Waals surface area contributed by atoms with Gasteiger partial charge in [0, 0.05) is 16.7 Å². The fraction of sp³-hybridized carbons (Fsp3) is 0.462. The molecule has 0 bridgehead atoms. The maximum absolute atomic E-state index is 11.7. The molecule has 1 fully saturated rings. The van der Waals surface area contributed by atoms with Gasteiger partial charge in [0.15, 0.2) is 0 Å². The van der Waals surface area contributed by atoms with Gasteiger partial charge in [-0.1, -0.05) is 15.9 Å². The van der Waals surface area contributed by atoms with Crippen LogP contribution in [-0.2, 0) is 14.3 Å². The maximum Gasteiger partial charge on any atom is 0.238 e. The van der Waals surface area contributed by atoms with Gasteiger partial charge in [0.1, 0.15) is 0 Å². The average molecular weight is 329 g/mol. The zero-order valence-electron chi connectivity index (χ0n) is 10.5. The normalized spacial score (nSPS) is 19.1. The molecule has 0 aliphatic carbocycles. The lowest BCUT2D eigenvalue weighted by Gasteiger charge is -2.23. The van der Waals surface area contributed by atoms with Gasteiger partial charge in [0.25, 0.3) is 0 Å². The molecule has 1 amide bonds. The summed E-state index contributed by atoms with van der Waals surface area (Å²) in [6.45, 7) is 2.74. The van der Waals surface area contributed by atoms with E-state index in [1.54, 1.807) is 0 Å². The van der Waals surface area contributed by atoms with Gasteiger partial charge in [-0.2, -0.15) is 0 Å². The molecule has 0 spiro atoms. The Morgan fingerprint density at radius 3 is 2.79 bits per heavy atom. The van der Waals surface area contributed by atoms with E-state index in [1.165, 1.54) is 0 Å². The summed E-state index contributed by atoms with van der Waals surface area (Å²) >= 11 is 3.35. The summed E-state index contributed by atoms with van der Waals surface area (Å²) in [6, 6.07) is 7.46. The first-order chi connectivity index (χ1) is 9.24. The molecule has 1 aliphatic heterocycles. The lowest BCUT2D eigenvalue weighted by molar-refractivity contribution is -0.116. The van der Waals surface area contributed by atoms with Gasteiger partial charge in [0.2, 0.25) is 5.91 Å². The molecule has 1 atom stereocenters. The highest BCUT2D eigenvalue weighted by Gasteiger charge is 2.14. The third-order valence-corrected chi connectivity index (χ3v) is 3.20. The SMILES string of the molecule is O=C(CNCC1COCCO1)Nc1ccc(Br)cc1. The van der Waals surface area contributed by atoms with Crippen molar-refractivity contribution in [2.24, 2.45) is 0 Å². The van der Waals surface area contributed by atoms with E-state index in [4.69, 9.17) is 9.47 Å². The van der Waals surface area contributed by atoms with Crippen LogP contribution in [0.1, 0.15) is 0 Å². The second-order valence-corrected chi connectivity index (χ2v) is 5.17. The molecule has 1 saturated heterocycles. The van der Waals surface area contributed by atoms with Gasteiger partial charge < -0.3 is 20.1 Å². The molecule has 5 nitrogen and oxygen atoms in total. The molecule has 1 aromatic rings. The first-order valence-corrected chi connectivity index (χ1v) is 6.99. The van der Waals surface area contributed by atoms with E-state index in [1.807, 2.05) is 24.3 Å². The van der Waals surface area contributed by atoms with E-state index in [9.17, 15) is 4.79 Å². The number of carbonyl (C=O) groups excluding carboxylic acids is 1. The molecule has 2 N–H and O–H groups in total. The van der Waals surface area contributed by atoms with E-state index in [2.05, 4.69) is 26.6 Å². The summed E-state index contributed by atoms with van der Waals surface area (Å²) < 4.78 is 11.7. The smallest absolute Gasteiger partial charge is 0.238 e. The summed E-state index contributed by atoms with van der Waals surface area (Å²) in [4.78, 5) is 11.7. The second-order valence-electron chi connectivity index (χ2n) is 4.25. The van der Waals surface area contributed by atoms with Crippen LogP contribution in [0, 0.1) is 0 Å². The number of hydrogen-bond acceptors (Lipinski definition) is 4. The largest absolute Gasteiger partial charge is 0.376 e. The number of hydrogen-bond donors (Lipinski definition) is 2. The molecule has 6 heteroatoms. The average Bonchev–Trinajstić information content (AvgIpc) is 2.43. The fourth-order valence-corrected chi connectivity index (χ4v) is 2.00. The number of carbonyl (C=O) groups is 1. The molecule has 2 rings (SSSR count). The fourth-order valence-electron chi connectivity index (χ4n) is 1.74. The minimum Gasteiger partial charge on any atom is -0.376 e. The number of benzene rings is 1. The van der Waals surface area contributed by atoms with E-state index < -0.39 is 0 Å². The highest BCUT2D eigenvalue weighted by molar-refractivity contribution is 9.10. The van der Waals surface area contributed by atoms with Crippen LogP contribution in [0.25, 0.3) is 0 Å². The quantitative estimate of drug-likeness (QED) is 0.857. The molecular weight excluding hydrogens is 312 g/mol. The Morgan fingerprint density at radius 1 is 1.32 bits per heavy atom. The van der Waals surface area contributed by atoms with Crippen LogP contribution in [0.4, 0.5) is 5.69 Å². The van der Waals surface area contributed by atoms with Crippen molar-refractivity contribution in [3.63, 3.8) is 0 Å². The number of nitrogens with one attached hydrogen (secondary N) is 2. The van der Waals surface area contributed by atoms with E-state index in [-0.39, 0.29) is 18.6 Å². The number of rotatable bonds is 5. The van der Waals surface area contributed by atoms with Gasteiger partial charge in [0.05, 0.1) is 32.5 Å². The van der Waals surface area contributed by atoms with Crippen LogP contribution < -0.4 is 10.6 Å². The van der Waals surface area contributed by atoms with Crippen LogP contribution >= 0.6 is 15.9 Å². The zero-order chi connectivity index (χ0) is 13.5. The third kappa shape index (κ3) is 5.28. The monoisotopic (exact) mass is 328 g/mol. The van der Waals surface area contributed by atoms with Gasteiger partial charge in [-0.25, -0.2) is 0 Å². The summed E-state index contributed by atoms with van der Waals surface area (Å²) in [5.74, 6) is -0.0703. The Balaban J connectivity index is 1.65. The van der Waals surface area contributed by atoms with Crippen molar-refractivity contribution in [3.8, 4) is 0 Å². The summed E-state index contributed by atoms with van der Waals surface area (Å²) in [7, 11) is 0. The second kappa shape index (κ2) is 7.59. The van der Waals surface area contributed by atoms with Crippen molar-refractivity contribution < 1.29 is 14.3 Å². The molecule has 104 valence electrons. The standard InChI is InChI=1S/C13H17BrN2O3/c14-10-1-3-11(4-2-10)16-13(17)8-15-7-12-9-18-5-6-19-12/h1-4,12,15H,5-9H2,(H,16,17). The van der Waals surface area contributed by atoms with Crippen LogP contribution in [0.15, 0.2) is 28.7 Å². The van der Waals surface area contributed by atoms with Gasteiger partial charge in [-0.15, -0.1) is 0 Å². The zero-order valence-corrected chi connectivity index (χ0v) is 12.1. The van der Waals surface area contributed by atoms with Crippen LogP contribution in [0.2, 0.25) is 0 Å². The Hall–Kier alpha value is -0.950. The van der Waals surface area contributed by atoms with Gasteiger partial charge >= 0.3 is 0 Å². The first-order valence-electron chi connectivity index (χ1n) is 6.19. The molecule has 1 unspecified atom stereocenters. The highest BCUT2D eigenvalue weighted by Crippen LogP contribution is 2.13. The Labute approximate surface area is 120 Å². The molecule has 1 aromatic carbocycles. The van der Waals surface area contributed by atoms with E-state index in [0.29, 0.717) is 26.4 Å². The topological polar surface area (TPSA) is 59.6 Å². The molecule has 1 heterocycles. The minimum absolute atomic E-state index is 0.0363. The molecular formula is C13H17BrN2O3. The predicted octanol–water partition coefficient (Wildman–Crippen LogP) is 1.39. The van der Waals surface area contributed by atoms with Gasteiger partial charge in [-0.05, 0) is 24.3 Å². The van der Waals surface area contributed by atoms with Crippen molar-refractivity contribution in [2.75, 3.05) is 38.2 Å². The Morgan fingerprint density at radius 2 is 2.11 bits per heavy atom. The molecule has 0 radical (unpaired) electrons.